The normalized spacial score (nSPS) is 19.8. The average molecular weight is 343 g/mol. The summed E-state index contributed by atoms with van der Waals surface area (Å²) in [5.74, 6) is 0.730. The predicted molar refractivity (Wildman–Crippen MR) is 93.3 cm³/mol. The van der Waals surface area contributed by atoms with Crippen LogP contribution in [-0.4, -0.2) is 50.3 Å². The first kappa shape index (κ1) is 19.7. The number of benzene rings is 1. The predicted octanol–water partition coefficient (Wildman–Crippen LogP) is 2.33. The minimum absolute atomic E-state index is 0. The molecule has 1 aliphatic rings. The first-order chi connectivity index (χ1) is 10.4. The maximum atomic E-state index is 12.7. The highest BCUT2D eigenvalue weighted by molar-refractivity contribution is 5.94. The smallest absolute Gasteiger partial charge is 0.254 e. The number of hydrogen-bond acceptors (Lipinski definition) is 4. The fourth-order valence-corrected chi connectivity index (χ4v) is 2.69. The van der Waals surface area contributed by atoms with E-state index in [-0.39, 0.29) is 29.8 Å². The van der Waals surface area contributed by atoms with Crippen molar-refractivity contribution in [1.82, 2.24) is 4.90 Å². The lowest BCUT2D eigenvalue weighted by atomic mass is 9.79. The Morgan fingerprint density at radius 1 is 1.39 bits per heavy atom. The van der Waals surface area contributed by atoms with Crippen molar-refractivity contribution < 1.29 is 14.3 Å². The van der Waals surface area contributed by atoms with Gasteiger partial charge in [0.15, 0.2) is 0 Å². The number of piperidine rings is 1. The Morgan fingerprint density at radius 3 is 2.78 bits per heavy atom. The van der Waals surface area contributed by atoms with Gasteiger partial charge in [-0.2, -0.15) is 0 Å². The van der Waals surface area contributed by atoms with Gasteiger partial charge >= 0.3 is 0 Å². The first-order valence-electron chi connectivity index (χ1n) is 7.71. The molecule has 2 N–H and O–H groups in total. The molecule has 0 radical (unpaired) electrons. The van der Waals surface area contributed by atoms with E-state index in [1.54, 1.807) is 13.2 Å². The van der Waals surface area contributed by atoms with Gasteiger partial charge in [-0.3, -0.25) is 4.79 Å². The molecule has 1 fully saturated rings. The zero-order chi connectivity index (χ0) is 16.2. The van der Waals surface area contributed by atoms with Crippen molar-refractivity contribution in [2.24, 2.45) is 11.1 Å². The minimum atomic E-state index is -0.0551. The maximum Gasteiger partial charge on any atom is 0.254 e. The molecule has 0 bridgehead atoms. The lowest BCUT2D eigenvalue weighted by molar-refractivity contribution is 0.0532. The van der Waals surface area contributed by atoms with E-state index in [1.165, 1.54) is 0 Å². The third-order valence-corrected chi connectivity index (χ3v) is 4.24. The van der Waals surface area contributed by atoms with Crippen molar-refractivity contribution >= 4 is 18.3 Å². The van der Waals surface area contributed by atoms with Crippen LogP contribution in [0.25, 0.3) is 0 Å². The van der Waals surface area contributed by atoms with E-state index in [0.717, 1.165) is 6.42 Å². The summed E-state index contributed by atoms with van der Waals surface area (Å²) in [6.45, 7) is 6.61. The van der Waals surface area contributed by atoms with Crippen LogP contribution < -0.4 is 10.5 Å². The molecule has 1 heterocycles. The third kappa shape index (κ3) is 5.09. The number of likely N-dealkylation sites (tertiary alicyclic amines) is 1. The van der Waals surface area contributed by atoms with Crippen LogP contribution in [-0.2, 0) is 4.74 Å². The summed E-state index contributed by atoms with van der Waals surface area (Å²) >= 11 is 0. The number of rotatable bonds is 5. The van der Waals surface area contributed by atoms with Gasteiger partial charge in [-0.1, -0.05) is 19.9 Å². The Hall–Kier alpha value is -1.30. The molecule has 0 saturated carbocycles. The second-order valence-corrected chi connectivity index (χ2v) is 6.48. The largest absolute Gasteiger partial charge is 0.491 e. The Kier molecular flexibility index (Phi) is 7.32. The number of ether oxygens (including phenoxy) is 2. The Labute approximate surface area is 144 Å². The van der Waals surface area contributed by atoms with Gasteiger partial charge in [0.1, 0.15) is 12.4 Å². The minimum Gasteiger partial charge on any atom is -0.491 e. The van der Waals surface area contributed by atoms with Crippen molar-refractivity contribution in [3.8, 4) is 5.75 Å². The summed E-state index contributed by atoms with van der Waals surface area (Å²) in [4.78, 5) is 14.6. The molecule has 23 heavy (non-hydrogen) atoms. The number of halogens is 1. The van der Waals surface area contributed by atoms with Crippen LogP contribution in [0.5, 0.6) is 5.75 Å². The van der Waals surface area contributed by atoms with Crippen LogP contribution in [0.3, 0.4) is 0 Å². The highest BCUT2D eigenvalue weighted by Crippen LogP contribution is 2.29. The van der Waals surface area contributed by atoms with Gasteiger partial charge in [-0.05, 0) is 30.0 Å². The van der Waals surface area contributed by atoms with Crippen molar-refractivity contribution in [2.75, 3.05) is 33.4 Å². The van der Waals surface area contributed by atoms with Crippen LogP contribution in [0.15, 0.2) is 24.3 Å². The van der Waals surface area contributed by atoms with E-state index < -0.39 is 0 Å². The zero-order valence-corrected chi connectivity index (χ0v) is 14.9. The summed E-state index contributed by atoms with van der Waals surface area (Å²) in [7, 11) is 1.63. The van der Waals surface area contributed by atoms with Crippen molar-refractivity contribution in [3.63, 3.8) is 0 Å². The molecule has 1 unspecified atom stereocenters. The van der Waals surface area contributed by atoms with Crippen LogP contribution in [0, 0.1) is 5.41 Å². The Morgan fingerprint density at radius 2 is 2.13 bits per heavy atom. The summed E-state index contributed by atoms with van der Waals surface area (Å²) in [6, 6.07) is 7.45. The molecule has 5 nitrogen and oxygen atoms in total. The fraction of sp³-hybridized carbons (Fsp3) is 0.588. The second kappa shape index (κ2) is 8.52. The molecular formula is C17H27ClN2O3. The van der Waals surface area contributed by atoms with Crippen molar-refractivity contribution in [1.29, 1.82) is 0 Å². The van der Waals surface area contributed by atoms with Crippen LogP contribution >= 0.6 is 12.4 Å². The van der Waals surface area contributed by atoms with E-state index in [4.69, 9.17) is 15.2 Å². The number of methoxy groups -OCH3 is 1. The molecule has 1 aliphatic heterocycles. The molecule has 130 valence electrons. The van der Waals surface area contributed by atoms with Gasteiger partial charge in [0, 0.05) is 31.8 Å². The van der Waals surface area contributed by atoms with Gasteiger partial charge in [0.2, 0.25) is 0 Å². The lowest BCUT2D eigenvalue weighted by Crippen LogP contribution is -2.53. The van der Waals surface area contributed by atoms with Gasteiger partial charge in [0.05, 0.1) is 6.61 Å². The molecule has 2 rings (SSSR count). The quantitative estimate of drug-likeness (QED) is 0.834. The molecule has 1 aromatic carbocycles. The molecule has 0 spiro atoms. The summed E-state index contributed by atoms with van der Waals surface area (Å²) in [6.07, 6.45) is 0.836. The summed E-state index contributed by atoms with van der Waals surface area (Å²) in [5.41, 5.74) is 6.73. The number of nitrogens with zero attached hydrogens (tertiary/aromatic N) is 1. The van der Waals surface area contributed by atoms with Gasteiger partial charge in [-0.15, -0.1) is 12.4 Å². The topological polar surface area (TPSA) is 64.8 Å². The van der Waals surface area contributed by atoms with Crippen LogP contribution in [0.1, 0.15) is 30.6 Å². The molecule has 0 aromatic heterocycles. The molecular weight excluding hydrogens is 316 g/mol. The van der Waals surface area contributed by atoms with Gasteiger partial charge in [-0.25, -0.2) is 0 Å². The zero-order valence-electron chi connectivity index (χ0n) is 14.1. The maximum absolute atomic E-state index is 12.7. The first-order valence-corrected chi connectivity index (χ1v) is 7.71. The van der Waals surface area contributed by atoms with E-state index in [2.05, 4.69) is 13.8 Å². The number of carbonyl (C=O) groups is 1. The number of amides is 1. The monoisotopic (exact) mass is 342 g/mol. The van der Waals surface area contributed by atoms with Gasteiger partial charge in [0.25, 0.3) is 5.91 Å². The molecule has 6 heteroatoms. The van der Waals surface area contributed by atoms with Crippen molar-refractivity contribution in [3.05, 3.63) is 29.8 Å². The standard InChI is InChI=1S/C17H26N2O3.ClH/c1-17(2)12-19(8-7-15(17)18)16(20)13-5-4-6-14(11-13)22-10-9-21-3;/h4-6,11,15H,7-10,12,18H2,1-3H3;1H. The summed E-state index contributed by atoms with van der Waals surface area (Å²) < 4.78 is 10.5. The lowest BCUT2D eigenvalue weighted by Gasteiger charge is -2.42. The summed E-state index contributed by atoms with van der Waals surface area (Å²) in [5, 5.41) is 0. The molecule has 0 aliphatic carbocycles. The number of nitrogens with two attached hydrogens (primary N) is 1. The fourth-order valence-electron chi connectivity index (χ4n) is 2.69. The molecule has 1 atom stereocenters. The number of carbonyl (C=O) groups excluding carboxylic acids is 1. The molecule has 1 saturated heterocycles. The van der Waals surface area contributed by atoms with Gasteiger partial charge < -0.3 is 20.1 Å². The number of hydrogen-bond donors (Lipinski definition) is 1. The van der Waals surface area contributed by atoms with Crippen LogP contribution in [0.2, 0.25) is 0 Å². The Balaban J connectivity index is 0.00000264. The third-order valence-electron chi connectivity index (χ3n) is 4.24. The highest BCUT2D eigenvalue weighted by atomic mass is 35.5. The van der Waals surface area contributed by atoms with E-state index in [1.807, 2.05) is 23.1 Å². The SMILES string of the molecule is COCCOc1cccc(C(=O)N2CCC(N)C(C)(C)C2)c1.Cl. The van der Waals surface area contributed by atoms with Crippen molar-refractivity contribution in [2.45, 2.75) is 26.3 Å². The molecule has 1 amide bonds. The van der Waals surface area contributed by atoms with E-state index >= 15 is 0 Å². The van der Waals surface area contributed by atoms with Crippen LogP contribution in [0.4, 0.5) is 0 Å². The van der Waals surface area contributed by atoms with E-state index in [9.17, 15) is 4.79 Å². The second-order valence-electron chi connectivity index (χ2n) is 6.48. The van der Waals surface area contributed by atoms with E-state index in [0.29, 0.717) is 37.6 Å². The Bertz CT molecular complexity index is 522. The highest BCUT2D eigenvalue weighted by Gasteiger charge is 2.35. The average Bonchev–Trinajstić information content (AvgIpc) is 2.50. The molecule has 1 aromatic rings.